The van der Waals surface area contributed by atoms with Gasteiger partial charge in [-0.2, -0.15) is 0 Å². The number of rotatable bonds is 5. The van der Waals surface area contributed by atoms with Gasteiger partial charge in [0.15, 0.2) is 5.01 Å². The van der Waals surface area contributed by atoms with Gasteiger partial charge >= 0.3 is 0 Å². The first kappa shape index (κ1) is 20.3. The lowest BCUT2D eigenvalue weighted by molar-refractivity contribution is -0.117. The summed E-state index contributed by atoms with van der Waals surface area (Å²) < 4.78 is 5.70. The number of carbonyl (C=O) groups is 1. The highest BCUT2D eigenvalue weighted by molar-refractivity contribution is 8.01. The molecule has 1 amide bonds. The first-order valence-corrected chi connectivity index (χ1v) is 11.1. The first-order valence-electron chi connectivity index (χ1n) is 8.60. The summed E-state index contributed by atoms with van der Waals surface area (Å²) in [5, 5.41) is 19.9. The summed E-state index contributed by atoms with van der Waals surface area (Å²) in [6, 6.07) is 12.0. The van der Waals surface area contributed by atoms with E-state index >= 15 is 0 Å². The van der Waals surface area contributed by atoms with Gasteiger partial charge in [-0.05, 0) is 31.2 Å². The van der Waals surface area contributed by atoms with E-state index in [9.17, 15) is 9.90 Å². The topological polar surface area (TPSA) is 75.6 Å². The molecule has 29 heavy (non-hydrogen) atoms. The van der Waals surface area contributed by atoms with Crippen molar-refractivity contribution in [3.8, 4) is 11.5 Å². The van der Waals surface area contributed by atoms with E-state index in [0.717, 1.165) is 0 Å². The number of nitrogens with zero attached hydrogens (tertiary/aromatic N) is 3. The zero-order valence-electron chi connectivity index (χ0n) is 15.1. The average Bonchev–Trinajstić information content (AvgIpc) is 3.26. The first-order chi connectivity index (χ1) is 13.9. The number of halogens is 2. The summed E-state index contributed by atoms with van der Waals surface area (Å²) in [5.41, 5.74) is 0.663. The lowest BCUT2D eigenvalue weighted by Crippen LogP contribution is -2.30. The number of anilines is 1. The quantitative estimate of drug-likeness (QED) is 0.548. The summed E-state index contributed by atoms with van der Waals surface area (Å²) in [6.45, 7) is 2.00. The van der Waals surface area contributed by atoms with Crippen LogP contribution < -0.4 is 9.64 Å². The predicted octanol–water partition coefficient (Wildman–Crippen LogP) is 5.30. The number of amides is 1. The molecule has 1 aliphatic heterocycles. The molecular weight excluding hydrogens is 453 g/mol. The van der Waals surface area contributed by atoms with E-state index in [2.05, 4.69) is 10.2 Å². The average molecular weight is 468 g/mol. The third-order valence-corrected chi connectivity index (χ3v) is 7.02. The Hall–Kier alpha value is -2.00. The van der Waals surface area contributed by atoms with Crippen LogP contribution in [0.5, 0.6) is 11.5 Å². The van der Waals surface area contributed by atoms with Crippen molar-refractivity contribution >= 4 is 57.3 Å². The summed E-state index contributed by atoms with van der Waals surface area (Å²) >= 11 is 14.7. The summed E-state index contributed by atoms with van der Waals surface area (Å²) in [7, 11) is 0. The van der Waals surface area contributed by atoms with Gasteiger partial charge in [-0.15, -0.1) is 22.0 Å². The van der Waals surface area contributed by atoms with E-state index < -0.39 is 0 Å². The maximum atomic E-state index is 12.8. The molecule has 0 spiro atoms. The Bertz CT molecular complexity index is 1060. The van der Waals surface area contributed by atoms with Crippen LogP contribution in [0.2, 0.25) is 10.0 Å². The molecule has 2 unspecified atom stereocenters. The fourth-order valence-electron chi connectivity index (χ4n) is 2.86. The van der Waals surface area contributed by atoms with Gasteiger partial charge in [-0.3, -0.25) is 9.69 Å². The molecular formula is C19H15Cl2N3O3S2. The van der Waals surface area contributed by atoms with E-state index in [0.29, 0.717) is 31.5 Å². The smallest absolute Gasteiger partial charge is 0.242 e. The van der Waals surface area contributed by atoms with Crippen LogP contribution >= 0.6 is 46.3 Å². The molecule has 1 fully saturated rings. The van der Waals surface area contributed by atoms with Crippen LogP contribution in [0.3, 0.4) is 0 Å². The van der Waals surface area contributed by atoms with Crippen LogP contribution in [0, 0.1) is 0 Å². The molecule has 1 aromatic heterocycles. The number of phenols is 1. The lowest BCUT2D eigenvalue weighted by atomic mass is 10.2. The number of aromatic hydroxyl groups is 1. The molecule has 1 N–H and O–H groups in total. The summed E-state index contributed by atoms with van der Waals surface area (Å²) in [4.78, 5) is 14.4. The van der Waals surface area contributed by atoms with Crippen molar-refractivity contribution in [2.45, 2.75) is 24.2 Å². The molecule has 2 aromatic carbocycles. The standard InChI is InChI=1S/C19H15Cl2N3O3S2/c1-10-17(26)24(18(28-10)12-4-2-3-5-14(12)25)19-23-22-16(29-19)9-27-15-7-6-11(20)8-13(15)21/h2-8,10,18,25H,9H2,1H3. The number of hydrogen-bond acceptors (Lipinski definition) is 7. The van der Waals surface area contributed by atoms with Gasteiger partial charge in [0, 0.05) is 10.6 Å². The van der Waals surface area contributed by atoms with Crippen LogP contribution in [0.1, 0.15) is 22.9 Å². The van der Waals surface area contributed by atoms with Crippen LogP contribution in [0.25, 0.3) is 0 Å². The van der Waals surface area contributed by atoms with E-state index in [1.165, 1.54) is 23.1 Å². The van der Waals surface area contributed by atoms with Crippen molar-refractivity contribution in [2.24, 2.45) is 0 Å². The molecule has 0 saturated carbocycles. The molecule has 2 atom stereocenters. The maximum Gasteiger partial charge on any atom is 0.242 e. The van der Waals surface area contributed by atoms with Crippen LogP contribution in [-0.2, 0) is 11.4 Å². The van der Waals surface area contributed by atoms with Crippen molar-refractivity contribution in [2.75, 3.05) is 4.90 Å². The predicted molar refractivity (Wildman–Crippen MR) is 116 cm³/mol. The van der Waals surface area contributed by atoms with Crippen LogP contribution in [-0.4, -0.2) is 26.5 Å². The van der Waals surface area contributed by atoms with Crippen molar-refractivity contribution in [1.82, 2.24) is 10.2 Å². The number of ether oxygens (including phenoxy) is 1. The maximum absolute atomic E-state index is 12.8. The number of aromatic nitrogens is 2. The van der Waals surface area contributed by atoms with Gasteiger partial charge in [-0.1, -0.05) is 52.7 Å². The van der Waals surface area contributed by atoms with Gasteiger partial charge in [0.2, 0.25) is 11.0 Å². The second-order valence-corrected chi connectivity index (χ2v) is 9.55. The fourth-order valence-corrected chi connectivity index (χ4v) is 5.46. The van der Waals surface area contributed by atoms with Crippen LogP contribution in [0.15, 0.2) is 42.5 Å². The van der Waals surface area contributed by atoms with Crippen molar-refractivity contribution in [3.63, 3.8) is 0 Å². The molecule has 4 rings (SSSR count). The van der Waals surface area contributed by atoms with E-state index in [1.807, 2.05) is 13.0 Å². The lowest BCUT2D eigenvalue weighted by Gasteiger charge is -2.21. The van der Waals surface area contributed by atoms with Crippen molar-refractivity contribution < 1.29 is 14.6 Å². The molecule has 10 heteroatoms. The van der Waals surface area contributed by atoms with Gasteiger partial charge in [0.1, 0.15) is 23.5 Å². The second-order valence-electron chi connectivity index (χ2n) is 6.24. The SMILES string of the molecule is CC1SC(c2ccccc2O)N(c2nnc(COc3ccc(Cl)cc3Cl)s2)C1=O. The molecule has 0 aliphatic carbocycles. The number of hydrogen-bond donors (Lipinski definition) is 1. The van der Waals surface area contributed by atoms with Gasteiger partial charge in [-0.25, -0.2) is 0 Å². The fraction of sp³-hybridized carbons (Fsp3) is 0.211. The molecule has 1 saturated heterocycles. The molecule has 2 heterocycles. The molecule has 6 nitrogen and oxygen atoms in total. The number of benzene rings is 2. The highest BCUT2D eigenvalue weighted by atomic mass is 35.5. The molecule has 150 valence electrons. The Morgan fingerprint density at radius 2 is 2.00 bits per heavy atom. The highest BCUT2D eigenvalue weighted by Crippen LogP contribution is 2.48. The number of para-hydroxylation sites is 1. The van der Waals surface area contributed by atoms with E-state index in [1.54, 1.807) is 41.3 Å². The Balaban J connectivity index is 1.55. The molecule has 3 aromatic rings. The van der Waals surface area contributed by atoms with Crippen molar-refractivity contribution in [1.29, 1.82) is 0 Å². The zero-order valence-corrected chi connectivity index (χ0v) is 18.2. The number of carbonyl (C=O) groups excluding carboxylic acids is 1. The van der Waals surface area contributed by atoms with Gasteiger partial charge < -0.3 is 9.84 Å². The monoisotopic (exact) mass is 467 g/mol. The van der Waals surface area contributed by atoms with Crippen LogP contribution in [0.4, 0.5) is 5.13 Å². The highest BCUT2D eigenvalue weighted by Gasteiger charge is 2.42. The number of thioether (sulfide) groups is 1. The van der Waals surface area contributed by atoms with Crippen molar-refractivity contribution in [3.05, 3.63) is 63.1 Å². The third kappa shape index (κ3) is 4.16. The second kappa shape index (κ2) is 8.39. The van der Waals surface area contributed by atoms with Gasteiger partial charge in [0.25, 0.3) is 0 Å². The Labute approximate surface area is 185 Å². The van der Waals surface area contributed by atoms with E-state index in [-0.39, 0.29) is 28.9 Å². The summed E-state index contributed by atoms with van der Waals surface area (Å²) in [6.07, 6.45) is 0. The largest absolute Gasteiger partial charge is 0.508 e. The third-order valence-electron chi connectivity index (χ3n) is 4.26. The van der Waals surface area contributed by atoms with E-state index in [4.69, 9.17) is 27.9 Å². The Kier molecular flexibility index (Phi) is 5.87. The molecule has 0 radical (unpaired) electrons. The molecule has 0 bridgehead atoms. The minimum Gasteiger partial charge on any atom is -0.508 e. The zero-order chi connectivity index (χ0) is 20.5. The molecule has 1 aliphatic rings. The number of phenolic OH excluding ortho intramolecular Hbond substituents is 1. The minimum atomic E-state index is -0.369. The van der Waals surface area contributed by atoms with Gasteiger partial charge in [0.05, 0.1) is 10.3 Å². The summed E-state index contributed by atoms with van der Waals surface area (Å²) in [5.74, 6) is 0.552. The normalized spacial score (nSPS) is 19.0. The Morgan fingerprint density at radius 3 is 2.76 bits per heavy atom. The Morgan fingerprint density at radius 1 is 1.21 bits per heavy atom. The minimum absolute atomic E-state index is 0.0763.